The molecule has 1 aromatic carbocycles. The van der Waals surface area contributed by atoms with Crippen LogP contribution in [-0.2, 0) is 10.0 Å². The highest BCUT2D eigenvalue weighted by atomic mass is 32.2. The number of thiophene rings is 1. The zero-order valence-corrected chi connectivity index (χ0v) is 15.0. The summed E-state index contributed by atoms with van der Waals surface area (Å²) in [4.78, 5) is 1.09. The second kappa shape index (κ2) is 8.04. The molecule has 0 fully saturated rings. The van der Waals surface area contributed by atoms with Crippen molar-refractivity contribution in [1.82, 2.24) is 4.72 Å². The summed E-state index contributed by atoms with van der Waals surface area (Å²) in [7, 11) is -3.66. The van der Waals surface area contributed by atoms with E-state index in [1.807, 2.05) is 17.5 Å². The van der Waals surface area contributed by atoms with Crippen LogP contribution in [-0.4, -0.2) is 8.42 Å². The van der Waals surface area contributed by atoms with E-state index in [0.29, 0.717) is 5.92 Å². The topological polar surface area (TPSA) is 46.2 Å². The maximum atomic E-state index is 13.0. The summed E-state index contributed by atoms with van der Waals surface area (Å²) < 4.78 is 40.8. The Morgan fingerprint density at radius 1 is 1.13 bits per heavy atom. The molecule has 0 radical (unpaired) electrons. The molecule has 0 saturated carbocycles. The van der Waals surface area contributed by atoms with Crippen molar-refractivity contribution in [2.45, 2.75) is 44.0 Å². The fourth-order valence-electron chi connectivity index (χ4n) is 2.35. The van der Waals surface area contributed by atoms with Crippen molar-refractivity contribution in [3.05, 3.63) is 52.5 Å². The number of halogens is 1. The first-order chi connectivity index (χ1) is 10.9. The molecule has 6 heteroatoms. The molecule has 1 N–H and O–H groups in total. The summed E-state index contributed by atoms with van der Waals surface area (Å²) in [6.45, 7) is 4.31. The largest absolute Gasteiger partial charge is 0.241 e. The van der Waals surface area contributed by atoms with Crippen LogP contribution in [0.3, 0.4) is 0 Å². The van der Waals surface area contributed by atoms with Gasteiger partial charge in [-0.3, -0.25) is 0 Å². The summed E-state index contributed by atoms with van der Waals surface area (Å²) in [5, 5.41) is 1.94. The number of rotatable bonds is 8. The lowest BCUT2D eigenvalue weighted by molar-refractivity contribution is 0.484. The van der Waals surface area contributed by atoms with E-state index in [4.69, 9.17) is 0 Å². The Hall–Kier alpha value is -1.24. The minimum Gasteiger partial charge on any atom is -0.207 e. The van der Waals surface area contributed by atoms with Crippen LogP contribution in [0.25, 0.3) is 0 Å². The number of nitrogens with one attached hydrogen (secondary N) is 1. The molecule has 23 heavy (non-hydrogen) atoms. The predicted octanol–water partition coefficient (Wildman–Crippen LogP) is 4.73. The Kier molecular flexibility index (Phi) is 6.33. The standard InChI is InChI=1S/C17H22FNO2S2/c1-13(2)5-3-6-16(17-7-4-12-22-17)19-23(20,21)15-10-8-14(18)9-11-15/h4,7-13,16,19H,3,5-6H2,1-2H3. The average molecular weight is 356 g/mol. The van der Waals surface area contributed by atoms with Gasteiger partial charge in [0.05, 0.1) is 10.9 Å². The Morgan fingerprint density at radius 3 is 2.39 bits per heavy atom. The van der Waals surface area contributed by atoms with E-state index >= 15 is 0 Å². The molecule has 2 rings (SSSR count). The molecule has 0 aliphatic heterocycles. The molecule has 1 aromatic heterocycles. The van der Waals surface area contributed by atoms with E-state index in [2.05, 4.69) is 18.6 Å². The first kappa shape index (κ1) is 18.1. The van der Waals surface area contributed by atoms with Crippen LogP contribution in [0.1, 0.15) is 44.0 Å². The second-order valence-corrected chi connectivity index (χ2v) is 8.66. The fourth-order valence-corrected chi connectivity index (χ4v) is 4.49. The molecule has 0 saturated heterocycles. The van der Waals surface area contributed by atoms with E-state index in [-0.39, 0.29) is 10.9 Å². The lowest BCUT2D eigenvalue weighted by Gasteiger charge is -2.18. The molecule has 0 spiro atoms. The minimum atomic E-state index is -3.66. The minimum absolute atomic E-state index is 0.0873. The van der Waals surface area contributed by atoms with Crippen LogP contribution in [0.2, 0.25) is 0 Å². The SMILES string of the molecule is CC(C)CCCC(NS(=O)(=O)c1ccc(F)cc1)c1cccs1. The van der Waals surface area contributed by atoms with Gasteiger partial charge in [0.15, 0.2) is 0 Å². The van der Waals surface area contributed by atoms with Crippen molar-refractivity contribution < 1.29 is 12.8 Å². The molecule has 1 heterocycles. The van der Waals surface area contributed by atoms with Gasteiger partial charge in [0, 0.05) is 4.88 Å². The van der Waals surface area contributed by atoms with E-state index in [0.717, 1.165) is 36.3 Å². The van der Waals surface area contributed by atoms with E-state index in [1.165, 1.54) is 12.1 Å². The zero-order chi connectivity index (χ0) is 16.9. The third-order valence-electron chi connectivity index (χ3n) is 3.58. The van der Waals surface area contributed by atoms with Gasteiger partial charge in [0.2, 0.25) is 10.0 Å². The first-order valence-corrected chi connectivity index (χ1v) is 10.1. The van der Waals surface area contributed by atoms with E-state index < -0.39 is 15.8 Å². The van der Waals surface area contributed by atoms with Gasteiger partial charge in [-0.1, -0.05) is 32.8 Å². The maximum absolute atomic E-state index is 13.0. The van der Waals surface area contributed by atoms with Gasteiger partial charge in [0.25, 0.3) is 0 Å². The van der Waals surface area contributed by atoms with Crippen LogP contribution in [0.15, 0.2) is 46.7 Å². The molecule has 1 unspecified atom stereocenters. The quantitative estimate of drug-likeness (QED) is 0.744. The lowest BCUT2D eigenvalue weighted by atomic mass is 10.0. The second-order valence-electron chi connectivity index (χ2n) is 5.97. The Morgan fingerprint density at radius 2 is 1.83 bits per heavy atom. The summed E-state index contributed by atoms with van der Waals surface area (Å²) >= 11 is 1.54. The van der Waals surface area contributed by atoms with Crippen LogP contribution in [0.4, 0.5) is 4.39 Å². The highest BCUT2D eigenvalue weighted by Crippen LogP contribution is 2.27. The van der Waals surface area contributed by atoms with Crippen molar-refractivity contribution in [3.63, 3.8) is 0 Å². The summed E-state index contributed by atoms with van der Waals surface area (Å²) in [6, 6.07) is 8.51. The van der Waals surface area contributed by atoms with Gasteiger partial charge in [-0.2, -0.15) is 0 Å². The Labute approximate surface area is 141 Å². The third-order valence-corrected chi connectivity index (χ3v) is 6.06. The van der Waals surface area contributed by atoms with Gasteiger partial charge in [-0.25, -0.2) is 17.5 Å². The molecule has 1 atom stereocenters. The highest BCUT2D eigenvalue weighted by molar-refractivity contribution is 7.89. The Bertz CT molecular complexity index is 695. The number of sulfonamides is 1. The molecule has 3 nitrogen and oxygen atoms in total. The normalized spacial score (nSPS) is 13.4. The van der Waals surface area contributed by atoms with Gasteiger partial charge in [0.1, 0.15) is 5.82 Å². The van der Waals surface area contributed by atoms with Gasteiger partial charge in [-0.15, -0.1) is 11.3 Å². The average Bonchev–Trinajstić information content (AvgIpc) is 3.00. The van der Waals surface area contributed by atoms with Gasteiger partial charge >= 0.3 is 0 Å². The van der Waals surface area contributed by atoms with Crippen LogP contribution in [0, 0.1) is 11.7 Å². The lowest BCUT2D eigenvalue weighted by Crippen LogP contribution is -2.28. The van der Waals surface area contributed by atoms with Gasteiger partial charge < -0.3 is 0 Å². The maximum Gasteiger partial charge on any atom is 0.241 e. The van der Waals surface area contributed by atoms with Crippen LogP contribution < -0.4 is 4.72 Å². The molecular weight excluding hydrogens is 333 g/mol. The number of hydrogen-bond donors (Lipinski definition) is 1. The molecule has 0 aliphatic rings. The first-order valence-electron chi connectivity index (χ1n) is 7.70. The van der Waals surface area contributed by atoms with Crippen molar-refractivity contribution in [2.75, 3.05) is 0 Å². The zero-order valence-electron chi connectivity index (χ0n) is 13.3. The highest BCUT2D eigenvalue weighted by Gasteiger charge is 2.22. The van der Waals surface area contributed by atoms with E-state index in [9.17, 15) is 12.8 Å². The molecule has 0 aliphatic carbocycles. The van der Waals surface area contributed by atoms with Crippen molar-refractivity contribution >= 4 is 21.4 Å². The van der Waals surface area contributed by atoms with E-state index in [1.54, 1.807) is 11.3 Å². The van der Waals surface area contributed by atoms with Gasteiger partial charge in [-0.05, 0) is 48.1 Å². The third kappa shape index (κ3) is 5.41. The number of benzene rings is 1. The van der Waals surface area contributed by atoms with Crippen LogP contribution in [0.5, 0.6) is 0 Å². The summed E-state index contributed by atoms with van der Waals surface area (Å²) in [6.07, 6.45) is 2.76. The molecule has 0 bridgehead atoms. The molecule has 0 amide bonds. The van der Waals surface area contributed by atoms with Crippen molar-refractivity contribution in [3.8, 4) is 0 Å². The number of hydrogen-bond acceptors (Lipinski definition) is 3. The summed E-state index contributed by atoms with van der Waals surface area (Å²) in [5.74, 6) is 0.142. The molecule has 2 aromatic rings. The predicted molar refractivity (Wildman–Crippen MR) is 92.5 cm³/mol. The van der Waals surface area contributed by atoms with Crippen molar-refractivity contribution in [2.24, 2.45) is 5.92 Å². The Balaban J connectivity index is 2.14. The molecule has 126 valence electrons. The fraction of sp³-hybridized carbons (Fsp3) is 0.412. The monoisotopic (exact) mass is 355 g/mol. The summed E-state index contributed by atoms with van der Waals surface area (Å²) in [5.41, 5.74) is 0. The smallest absolute Gasteiger partial charge is 0.207 e. The van der Waals surface area contributed by atoms with Crippen LogP contribution >= 0.6 is 11.3 Å². The van der Waals surface area contributed by atoms with Crippen molar-refractivity contribution in [1.29, 1.82) is 0 Å². The molecular formula is C17H22FNO2S2.